The van der Waals surface area contributed by atoms with Crippen LogP contribution in [0.1, 0.15) is 46.0 Å². The van der Waals surface area contributed by atoms with Crippen molar-refractivity contribution in [2.24, 2.45) is 0 Å². The largest absolute Gasteiger partial charge is 0.460 e. The van der Waals surface area contributed by atoms with Gasteiger partial charge in [-0.1, -0.05) is 49.2 Å². The van der Waals surface area contributed by atoms with E-state index >= 15 is 0 Å². The van der Waals surface area contributed by atoms with Crippen molar-refractivity contribution in [1.29, 1.82) is 0 Å². The first-order valence-electron chi connectivity index (χ1n) is 11.5. The van der Waals surface area contributed by atoms with Crippen LogP contribution in [0.3, 0.4) is 0 Å². The molecule has 2 aromatic rings. The Morgan fingerprint density at radius 1 is 1.11 bits per heavy atom. The molecule has 2 aliphatic rings. The van der Waals surface area contributed by atoms with Gasteiger partial charge in [-0.3, -0.25) is 4.79 Å². The maximum Gasteiger partial charge on any atom is 0.341 e. The van der Waals surface area contributed by atoms with Gasteiger partial charge in [-0.15, -0.1) is 12.4 Å². The molecular weight excluding hydrogens is 599 g/mol. The Morgan fingerprint density at radius 3 is 2.34 bits per heavy atom. The Hall–Kier alpha value is -1.73. The van der Waals surface area contributed by atoms with E-state index in [1.165, 1.54) is 22.5 Å². The topological polar surface area (TPSA) is 118 Å². The molecule has 2 aliphatic heterocycles. The number of sulfonamides is 1. The molecule has 2 aromatic carbocycles. The summed E-state index contributed by atoms with van der Waals surface area (Å²) in [6.45, 7) is 4.48. The van der Waals surface area contributed by atoms with Crippen LogP contribution in [0.2, 0.25) is 10.0 Å². The second-order valence-corrected chi connectivity index (χ2v) is 14.1. The zero-order chi connectivity index (χ0) is 27.3. The highest BCUT2D eigenvalue weighted by molar-refractivity contribution is 7.93. The average molecular weight is 626 g/mol. The summed E-state index contributed by atoms with van der Waals surface area (Å²) in [7, 11) is -6.26. The van der Waals surface area contributed by atoms with E-state index in [1.807, 2.05) is 25.8 Å². The predicted octanol–water partition coefficient (Wildman–Crippen LogP) is 3.67. The number of hydrogen-bond acceptors (Lipinski definition) is 8. The maximum absolute atomic E-state index is 13.2. The van der Waals surface area contributed by atoms with Crippen LogP contribution in [0, 0.1) is 0 Å². The number of ether oxygens (including phenoxy) is 1. The third-order valence-corrected chi connectivity index (χ3v) is 11.4. The fourth-order valence-corrected chi connectivity index (χ4v) is 8.49. The van der Waals surface area contributed by atoms with Crippen LogP contribution in [0.5, 0.6) is 0 Å². The van der Waals surface area contributed by atoms with Crippen molar-refractivity contribution < 1.29 is 31.2 Å². The fraction of sp³-hybridized carbons (Fsp3) is 0.417. The first kappa shape index (κ1) is 30.8. The van der Waals surface area contributed by atoms with Crippen molar-refractivity contribution >= 4 is 67.2 Å². The van der Waals surface area contributed by atoms with Gasteiger partial charge in [-0.25, -0.2) is 21.6 Å². The molecular formula is C24H27Cl3N2O7S2. The zero-order valence-corrected chi connectivity index (χ0v) is 24.8. The predicted molar refractivity (Wildman–Crippen MR) is 146 cm³/mol. The second kappa shape index (κ2) is 11.4. The van der Waals surface area contributed by atoms with Crippen LogP contribution in [0.4, 0.5) is 0 Å². The van der Waals surface area contributed by atoms with Crippen LogP contribution in [0.25, 0.3) is 0 Å². The molecule has 1 saturated heterocycles. The number of hydrogen-bond donors (Lipinski definition) is 0. The number of sulfone groups is 1. The van der Waals surface area contributed by atoms with Gasteiger partial charge in [-0.2, -0.15) is 4.31 Å². The summed E-state index contributed by atoms with van der Waals surface area (Å²) in [5.41, 5.74) is 0.282. The molecule has 38 heavy (non-hydrogen) atoms. The van der Waals surface area contributed by atoms with Crippen molar-refractivity contribution in [1.82, 2.24) is 9.21 Å². The monoisotopic (exact) mass is 624 g/mol. The molecule has 0 amide bonds. The molecule has 1 unspecified atom stereocenters. The van der Waals surface area contributed by atoms with E-state index in [-0.39, 0.29) is 51.8 Å². The number of carbonyl (C=O) groups is 2. The number of halogens is 3. The van der Waals surface area contributed by atoms with E-state index in [0.717, 1.165) is 0 Å². The molecule has 1 atom stereocenters. The minimum Gasteiger partial charge on any atom is -0.460 e. The molecule has 2 heterocycles. The maximum atomic E-state index is 13.2. The Labute approximate surface area is 238 Å². The first-order valence-corrected chi connectivity index (χ1v) is 15.3. The summed E-state index contributed by atoms with van der Waals surface area (Å²) < 4.78 is 59.1. The van der Waals surface area contributed by atoms with E-state index < -0.39 is 54.1 Å². The number of nitrogens with zero attached hydrogens (tertiary/aromatic N) is 2. The molecule has 0 saturated carbocycles. The number of esters is 1. The summed E-state index contributed by atoms with van der Waals surface area (Å²) in [6.07, 6.45) is 0. The number of piperazine rings is 1. The average Bonchev–Trinajstić information content (AvgIpc) is 3.02. The lowest BCUT2D eigenvalue weighted by atomic mass is 9.94. The summed E-state index contributed by atoms with van der Waals surface area (Å²) in [5, 5.41) is -2.22. The molecule has 0 aliphatic carbocycles. The van der Waals surface area contributed by atoms with Gasteiger partial charge in [0, 0.05) is 31.7 Å². The van der Waals surface area contributed by atoms with Gasteiger partial charge in [0.2, 0.25) is 10.0 Å². The van der Waals surface area contributed by atoms with Crippen LogP contribution in [-0.4, -0.2) is 82.9 Å². The van der Waals surface area contributed by atoms with E-state index in [9.17, 15) is 26.4 Å². The summed E-state index contributed by atoms with van der Waals surface area (Å²) in [4.78, 5) is 27.7. The van der Waals surface area contributed by atoms with Gasteiger partial charge < -0.3 is 9.64 Å². The van der Waals surface area contributed by atoms with Crippen LogP contribution in [-0.2, 0) is 24.6 Å². The normalized spacial score (nSPS) is 19.7. The molecule has 0 N–H and O–H groups in total. The van der Waals surface area contributed by atoms with Crippen molar-refractivity contribution in [3.63, 3.8) is 0 Å². The van der Waals surface area contributed by atoms with Crippen LogP contribution >= 0.6 is 35.6 Å². The van der Waals surface area contributed by atoms with Crippen LogP contribution in [0.15, 0.2) is 40.1 Å². The summed E-state index contributed by atoms with van der Waals surface area (Å²) in [5.74, 6) is -1.89. The Morgan fingerprint density at radius 2 is 1.74 bits per heavy atom. The Bertz CT molecular complexity index is 1490. The second-order valence-electron chi connectivity index (χ2n) is 9.31. The van der Waals surface area contributed by atoms with E-state index in [4.69, 9.17) is 27.9 Å². The minimum absolute atomic E-state index is 0. The van der Waals surface area contributed by atoms with Gasteiger partial charge in [-0.05, 0) is 36.7 Å². The number of ketones is 1. The molecule has 1 fully saturated rings. The highest BCUT2D eigenvalue weighted by Gasteiger charge is 2.46. The van der Waals surface area contributed by atoms with E-state index in [0.29, 0.717) is 18.7 Å². The lowest BCUT2D eigenvalue weighted by Gasteiger charge is -2.31. The highest BCUT2D eigenvalue weighted by Crippen LogP contribution is 2.37. The van der Waals surface area contributed by atoms with Crippen molar-refractivity contribution in [3.8, 4) is 0 Å². The fourth-order valence-electron chi connectivity index (χ4n) is 4.46. The van der Waals surface area contributed by atoms with Crippen molar-refractivity contribution in [2.45, 2.75) is 34.8 Å². The summed E-state index contributed by atoms with van der Waals surface area (Å²) >= 11 is 12.5. The standard InChI is InChI=1S/C24H26Cl2N2O7S2.ClH/c1-14(2)15-5-4-6-17-20(15)23(29)19(36(17,31)32)13-35-24(30)21-16(25)7-8-18(22(21)26)37(33,34)28-11-9-27(3)10-12-28;/h4-8,14,19H,9-13H2,1-3H3;1H. The molecule has 14 heteroatoms. The van der Waals surface area contributed by atoms with E-state index in [1.54, 1.807) is 12.1 Å². The number of benzene rings is 2. The lowest BCUT2D eigenvalue weighted by Crippen LogP contribution is -2.47. The Kier molecular flexibility index (Phi) is 9.24. The molecule has 208 valence electrons. The lowest BCUT2D eigenvalue weighted by molar-refractivity contribution is 0.0501. The molecule has 0 spiro atoms. The van der Waals surface area contributed by atoms with E-state index in [2.05, 4.69) is 0 Å². The van der Waals surface area contributed by atoms with Gasteiger partial charge in [0.15, 0.2) is 20.9 Å². The smallest absolute Gasteiger partial charge is 0.341 e. The van der Waals surface area contributed by atoms with Gasteiger partial charge in [0.25, 0.3) is 0 Å². The van der Waals surface area contributed by atoms with Gasteiger partial charge in [0.05, 0.1) is 20.5 Å². The number of carbonyl (C=O) groups excluding carboxylic acids is 2. The van der Waals surface area contributed by atoms with Crippen molar-refractivity contribution in [2.75, 3.05) is 39.8 Å². The summed E-state index contributed by atoms with van der Waals surface area (Å²) in [6, 6.07) is 7.05. The van der Waals surface area contributed by atoms with Gasteiger partial charge >= 0.3 is 5.97 Å². The first-order chi connectivity index (χ1) is 17.3. The number of fused-ring (bicyclic) bond motifs is 1. The zero-order valence-electron chi connectivity index (χ0n) is 20.8. The molecule has 0 radical (unpaired) electrons. The number of likely N-dealkylation sites (N-methyl/N-ethyl adjacent to an activating group) is 1. The number of Topliss-reactive ketones (excluding diaryl/α,β-unsaturated/α-hetero) is 1. The molecule has 0 aromatic heterocycles. The molecule has 4 rings (SSSR count). The third-order valence-electron chi connectivity index (χ3n) is 6.61. The molecule has 0 bridgehead atoms. The highest BCUT2D eigenvalue weighted by atomic mass is 35.5. The third kappa shape index (κ3) is 5.34. The van der Waals surface area contributed by atoms with Gasteiger partial charge in [0.1, 0.15) is 11.5 Å². The van der Waals surface area contributed by atoms with Crippen molar-refractivity contribution in [3.05, 3.63) is 57.1 Å². The Balaban J connectivity index is 0.00000400. The SMILES string of the molecule is CC(C)c1cccc2c1C(=O)C(COC(=O)c1c(Cl)ccc(S(=O)(=O)N3CCN(C)CC3)c1Cl)S2(=O)=O.Cl. The van der Waals surface area contributed by atoms with Crippen LogP contribution < -0.4 is 0 Å². The quantitative estimate of drug-likeness (QED) is 0.447. The number of rotatable bonds is 6. The molecule has 9 nitrogen and oxygen atoms in total. The minimum atomic E-state index is -4.10.